The molecule has 0 spiro atoms. The molecule has 2 nitrogen and oxygen atoms in total. The molecule has 0 radical (unpaired) electrons. The van der Waals surface area contributed by atoms with Gasteiger partial charge in [0, 0.05) is 21.4 Å². The summed E-state index contributed by atoms with van der Waals surface area (Å²) in [6, 6.07) is 29.6. The van der Waals surface area contributed by atoms with Gasteiger partial charge < -0.3 is 0 Å². The third-order valence-corrected chi connectivity index (χ3v) is 5.26. The topological polar surface area (TPSA) is 17.8 Å². The largest absolute Gasteiger partial charge is 0.294 e. The fourth-order valence-corrected chi connectivity index (χ4v) is 3.79. The van der Waals surface area contributed by atoms with Gasteiger partial charge in [-0.2, -0.15) is 0 Å². The second kappa shape index (κ2) is 6.11. The molecular formula is C23H15BrN2. The minimum absolute atomic E-state index is 0.940. The van der Waals surface area contributed by atoms with Crippen LogP contribution in [0.15, 0.2) is 95.6 Å². The van der Waals surface area contributed by atoms with E-state index in [1.54, 1.807) is 0 Å². The molecule has 0 atom stereocenters. The fourth-order valence-electron chi connectivity index (χ4n) is 3.53. The number of rotatable bonds is 2. The summed E-state index contributed by atoms with van der Waals surface area (Å²) < 4.78 is 3.32. The Bertz CT molecular complexity index is 1220. The first kappa shape index (κ1) is 15.4. The van der Waals surface area contributed by atoms with Gasteiger partial charge in [0.15, 0.2) is 0 Å². The molecule has 5 aromatic rings. The predicted molar refractivity (Wildman–Crippen MR) is 112 cm³/mol. The van der Waals surface area contributed by atoms with E-state index in [1.807, 2.05) is 18.3 Å². The Balaban J connectivity index is 1.82. The van der Waals surface area contributed by atoms with E-state index in [0.717, 1.165) is 10.3 Å². The zero-order valence-corrected chi connectivity index (χ0v) is 15.5. The molecule has 0 saturated carbocycles. The Labute approximate surface area is 159 Å². The lowest BCUT2D eigenvalue weighted by Crippen LogP contribution is -1.95. The highest BCUT2D eigenvalue weighted by Gasteiger charge is 2.13. The number of hydrogen-bond donors (Lipinski definition) is 0. The summed E-state index contributed by atoms with van der Waals surface area (Å²) in [5, 5.41) is 2.48. The van der Waals surface area contributed by atoms with Gasteiger partial charge in [0.05, 0.1) is 11.0 Å². The molecule has 0 bridgehead atoms. The average molecular weight is 399 g/mol. The van der Waals surface area contributed by atoms with E-state index in [1.165, 1.54) is 32.9 Å². The van der Waals surface area contributed by atoms with Crippen LogP contribution in [0.4, 0.5) is 0 Å². The van der Waals surface area contributed by atoms with Gasteiger partial charge in [-0.3, -0.25) is 4.57 Å². The number of halogens is 1. The van der Waals surface area contributed by atoms with Crippen molar-refractivity contribution in [3.05, 3.63) is 95.6 Å². The average Bonchev–Trinajstić information content (AvgIpc) is 3.03. The molecule has 2 aromatic heterocycles. The first-order valence-electron chi connectivity index (χ1n) is 8.52. The highest BCUT2D eigenvalue weighted by atomic mass is 79.9. The van der Waals surface area contributed by atoms with Crippen molar-refractivity contribution in [3.8, 4) is 16.9 Å². The van der Waals surface area contributed by atoms with Crippen LogP contribution < -0.4 is 0 Å². The van der Waals surface area contributed by atoms with Crippen LogP contribution in [0.25, 0.3) is 38.8 Å². The van der Waals surface area contributed by atoms with Gasteiger partial charge in [0.25, 0.3) is 0 Å². The monoisotopic (exact) mass is 398 g/mol. The maximum atomic E-state index is 4.57. The van der Waals surface area contributed by atoms with Crippen molar-refractivity contribution < 1.29 is 0 Å². The fraction of sp³-hybridized carbons (Fsp3) is 0. The van der Waals surface area contributed by atoms with Crippen LogP contribution in [0.3, 0.4) is 0 Å². The van der Waals surface area contributed by atoms with E-state index in [9.17, 15) is 0 Å². The van der Waals surface area contributed by atoms with Gasteiger partial charge in [0.1, 0.15) is 5.82 Å². The number of fused-ring (bicyclic) bond motifs is 3. The van der Waals surface area contributed by atoms with Crippen molar-refractivity contribution in [3.63, 3.8) is 0 Å². The van der Waals surface area contributed by atoms with Crippen molar-refractivity contribution in [2.75, 3.05) is 0 Å². The van der Waals surface area contributed by atoms with Crippen molar-refractivity contribution in [2.24, 2.45) is 0 Å². The van der Waals surface area contributed by atoms with E-state index >= 15 is 0 Å². The lowest BCUT2D eigenvalue weighted by Gasteiger charge is -2.07. The molecule has 0 N–H and O–H groups in total. The third-order valence-electron chi connectivity index (χ3n) is 4.73. The zero-order valence-electron chi connectivity index (χ0n) is 13.9. The number of nitrogens with zero attached hydrogens (tertiary/aromatic N) is 2. The molecule has 2 heterocycles. The van der Waals surface area contributed by atoms with Crippen LogP contribution >= 0.6 is 15.9 Å². The van der Waals surface area contributed by atoms with Crippen LogP contribution in [0.2, 0.25) is 0 Å². The predicted octanol–water partition coefficient (Wildman–Crippen LogP) is 6.61. The third kappa shape index (κ3) is 2.44. The van der Waals surface area contributed by atoms with Crippen LogP contribution in [0.1, 0.15) is 0 Å². The Morgan fingerprint density at radius 3 is 2.19 bits per heavy atom. The maximum Gasteiger partial charge on any atom is 0.137 e. The van der Waals surface area contributed by atoms with Gasteiger partial charge in [-0.05, 0) is 53.6 Å². The zero-order chi connectivity index (χ0) is 17.5. The van der Waals surface area contributed by atoms with E-state index < -0.39 is 0 Å². The van der Waals surface area contributed by atoms with E-state index in [0.29, 0.717) is 0 Å². The molecule has 0 aliphatic heterocycles. The Kier molecular flexibility index (Phi) is 3.61. The van der Waals surface area contributed by atoms with Crippen LogP contribution in [0.5, 0.6) is 0 Å². The molecule has 124 valence electrons. The summed E-state index contributed by atoms with van der Waals surface area (Å²) in [6.45, 7) is 0. The highest BCUT2D eigenvalue weighted by molar-refractivity contribution is 9.10. The summed E-state index contributed by atoms with van der Waals surface area (Å²) in [6.07, 6.45) is 1.84. The van der Waals surface area contributed by atoms with Crippen molar-refractivity contribution in [1.82, 2.24) is 9.55 Å². The summed E-state index contributed by atoms with van der Waals surface area (Å²) >= 11 is 3.51. The Hall–Kier alpha value is -2.91. The number of pyridine rings is 1. The van der Waals surface area contributed by atoms with Crippen molar-refractivity contribution in [1.29, 1.82) is 0 Å². The number of para-hydroxylation sites is 1. The summed E-state index contributed by atoms with van der Waals surface area (Å²) in [4.78, 5) is 4.57. The SMILES string of the molecule is Brc1ccc(-c2ccc3c(c2)c2ccccc2n3-c2ccccn2)cc1. The van der Waals surface area contributed by atoms with Gasteiger partial charge in [0.2, 0.25) is 0 Å². The number of aromatic nitrogens is 2. The summed E-state index contributed by atoms with van der Waals surface area (Å²) in [7, 11) is 0. The van der Waals surface area contributed by atoms with Gasteiger partial charge in [-0.15, -0.1) is 0 Å². The molecule has 0 aliphatic carbocycles. The van der Waals surface area contributed by atoms with Crippen LogP contribution in [-0.2, 0) is 0 Å². The van der Waals surface area contributed by atoms with Crippen molar-refractivity contribution in [2.45, 2.75) is 0 Å². The quantitative estimate of drug-likeness (QED) is 0.327. The standard InChI is InChI=1S/C23H15BrN2/c24-18-11-8-16(9-12-18)17-10-13-22-20(15-17)19-5-1-2-6-21(19)26(22)23-7-3-4-14-25-23/h1-15H. The molecule has 0 fully saturated rings. The van der Waals surface area contributed by atoms with Gasteiger partial charge in [-0.25, -0.2) is 4.98 Å². The van der Waals surface area contributed by atoms with E-state index in [4.69, 9.17) is 0 Å². The first-order valence-corrected chi connectivity index (χ1v) is 9.31. The molecule has 3 aromatic carbocycles. The van der Waals surface area contributed by atoms with Gasteiger partial charge in [-0.1, -0.05) is 58.4 Å². The smallest absolute Gasteiger partial charge is 0.137 e. The van der Waals surface area contributed by atoms with Crippen LogP contribution in [0, 0.1) is 0 Å². The van der Waals surface area contributed by atoms with E-state index in [-0.39, 0.29) is 0 Å². The molecule has 26 heavy (non-hydrogen) atoms. The molecule has 0 saturated heterocycles. The minimum atomic E-state index is 0.940. The van der Waals surface area contributed by atoms with E-state index in [2.05, 4.69) is 98.3 Å². The molecule has 0 amide bonds. The Morgan fingerprint density at radius 2 is 1.38 bits per heavy atom. The summed E-state index contributed by atoms with van der Waals surface area (Å²) in [5.41, 5.74) is 4.78. The number of benzene rings is 3. The first-order chi connectivity index (χ1) is 12.8. The van der Waals surface area contributed by atoms with Crippen LogP contribution in [-0.4, -0.2) is 9.55 Å². The van der Waals surface area contributed by atoms with Gasteiger partial charge >= 0.3 is 0 Å². The molecule has 0 unspecified atom stereocenters. The molecule has 3 heteroatoms. The normalized spacial score (nSPS) is 11.3. The number of hydrogen-bond acceptors (Lipinski definition) is 1. The maximum absolute atomic E-state index is 4.57. The lowest BCUT2D eigenvalue weighted by molar-refractivity contribution is 1.08. The Morgan fingerprint density at radius 1 is 0.654 bits per heavy atom. The second-order valence-electron chi connectivity index (χ2n) is 6.28. The minimum Gasteiger partial charge on any atom is -0.294 e. The molecular weight excluding hydrogens is 384 g/mol. The van der Waals surface area contributed by atoms with Crippen molar-refractivity contribution >= 4 is 37.7 Å². The lowest BCUT2D eigenvalue weighted by atomic mass is 10.0. The molecule has 5 rings (SSSR count). The molecule has 0 aliphatic rings. The second-order valence-corrected chi connectivity index (χ2v) is 7.19. The highest BCUT2D eigenvalue weighted by Crippen LogP contribution is 2.34. The summed E-state index contributed by atoms with van der Waals surface area (Å²) in [5.74, 6) is 0.940.